The summed E-state index contributed by atoms with van der Waals surface area (Å²) >= 11 is 0. The average Bonchev–Trinajstić information content (AvgIpc) is 3.17. The third-order valence-electron chi connectivity index (χ3n) is 4.09. The molecule has 1 heterocycles. The molecule has 132 valence electrons. The van der Waals surface area contributed by atoms with Gasteiger partial charge in [-0.2, -0.15) is 4.31 Å². The predicted molar refractivity (Wildman–Crippen MR) is 96.7 cm³/mol. The Morgan fingerprint density at radius 3 is 2.44 bits per heavy atom. The number of benzene rings is 2. The van der Waals surface area contributed by atoms with Crippen LogP contribution in [0, 0.1) is 0 Å². The standard InChI is InChI=1S/C18H21N3O3S/c22-18(19-14-15-7-2-1-3-8-15)20-16-9-6-10-17(13-16)25(23,24)21-11-4-5-12-21/h1-3,6-10,13H,4-5,11-12,14H2,(H2,19,20,22). The van der Waals surface area contributed by atoms with E-state index in [2.05, 4.69) is 10.6 Å². The van der Waals surface area contributed by atoms with Gasteiger partial charge in [-0.05, 0) is 36.6 Å². The van der Waals surface area contributed by atoms with E-state index in [9.17, 15) is 13.2 Å². The maximum absolute atomic E-state index is 12.6. The van der Waals surface area contributed by atoms with E-state index in [0.717, 1.165) is 18.4 Å². The molecule has 1 aliphatic rings. The summed E-state index contributed by atoms with van der Waals surface area (Å²) in [4.78, 5) is 12.2. The molecule has 0 atom stereocenters. The van der Waals surface area contributed by atoms with Crippen LogP contribution in [0.2, 0.25) is 0 Å². The smallest absolute Gasteiger partial charge is 0.319 e. The number of sulfonamides is 1. The van der Waals surface area contributed by atoms with Gasteiger partial charge in [-0.1, -0.05) is 36.4 Å². The van der Waals surface area contributed by atoms with E-state index in [-0.39, 0.29) is 10.9 Å². The lowest BCUT2D eigenvalue weighted by molar-refractivity contribution is 0.251. The summed E-state index contributed by atoms with van der Waals surface area (Å²) < 4.78 is 26.6. The van der Waals surface area contributed by atoms with Gasteiger partial charge in [0.05, 0.1) is 4.90 Å². The van der Waals surface area contributed by atoms with Gasteiger partial charge in [-0.3, -0.25) is 0 Å². The zero-order valence-corrected chi connectivity index (χ0v) is 14.6. The van der Waals surface area contributed by atoms with Gasteiger partial charge >= 0.3 is 6.03 Å². The summed E-state index contributed by atoms with van der Waals surface area (Å²) in [6.45, 7) is 1.51. The van der Waals surface area contributed by atoms with Crippen molar-refractivity contribution in [2.24, 2.45) is 0 Å². The minimum absolute atomic E-state index is 0.204. The number of urea groups is 1. The Hall–Kier alpha value is -2.38. The molecule has 0 aromatic heterocycles. The maximum Gasteiger partial charge on any atom is 0.319 e. The van der Waals surface area contributed by atoms with E-state index in [1.165, 1.54) is 10.4 Å². The van der Waals surface area contributed by atoms with Crippen LogP contribution in [-0.4, -0.2) is 31.8 Å². The van der Waals surface area contributed by atoms with Gasteiger partial charge in [0.2, 0.25) is 10.0 Å². The van der Waals surface area contributed by atoms with Crippen molar-refractivity contribution in [2.75, 3.05) is 18.4 Å². The monoisotopic (exact) mass is 359 g/mol. The molecule has 1 aliphatic heterocycles. The molecular formula is C18H21N3O3S. The van der Waals surface area contributed by atoms with Gasteiger partial charge in [-0.15, -0.1) is 0 Å². The lowest BCUT2D eigenvalue weighted by atomic mass is 10.2. The fourth-order valence-electron chi connectivity index (χ4n) is 2.77. The highest BCUT2D eigenvalue weighted by Crippen LogP contribution is 2.23. The highest BCUT2D eigenvalue weighted by Gasteiger charge is 2.27. The van der Waals surface area contributed by atoms with Crippen LogP contribution in [0.15, 0.2) is 59.5 Å². The molecule has 2 amide bonds. The highest BCUT2D eigenvalue weighted by atomic mass is 32.2. The molecule has 0 radical (unpaired) electrons. The van der Waals surface area contributed by atoms with Gasteiger partial charge in [0.25, 0.3) is 0 Å². The molecule has 0 aliphatic carbocycles. The SMILES string of the molecule is O=C(NCc1ccccc1)Nc1cccc(S(=O)(=O)N2CCCC2)c1. The van der Waals surface area contributed by atoms with Crippen LogP contribution < -0.4 is 10.6 Å². The molecule has 6 nitrogen and oxygen atoms in total. The number of nitrogens with zero attached hydrogens (tertiary/aromatic N) is 1. The molecule has 0 unspecified atom stereocenters. The van der Waals surface area contributed by atoms with Crippen molar-refractivity contribution >= 4 is 21.7 Å². The van der Waals surface area contributed by atoms with E-state index in [4.69, 9.17) is 0 Å². The summed E-state index contributed by atoms with van der Waals surface area (Å²) in [7, 11) is -3.49. The molecular weight excluding hydrogens is 338 g/mol. The number of anilines is 1. The van der Waals surface area contributed by atoms with Crippen molar-refractivity contribution in [3.8, 4) is 0 Å². The molecule has 25 heavy (non-hydrogen) atoms. The maximum atomic E-state index is 12.6. The number of carbonyl (C=O) groups is 1. The van der Waals surface area contributed by atoms with Gasteiger partial charge in [0.15, 0.2) is 0 Å². The predicted octanol–water partition coefficient (Wildman–Crippen LogP) is 2.79. The Morgan fingerprint density at radius 1 is 1.00 bits per heavy atom. The van der Waals surface area contributed by atoms with E-state index in [1.54, 1.807) is 18.2 Å². The van der Waals surface area contributed by atoms with E-state index >= 15 is 0 Å². The van der Waals surface area contributed by atoms with Crippen molar-refractivity contribution in [3.63, 3.8) is 0 Å². The van der Waals surface area contributed by atoms with Crippen LogP contribution in [0.1, 0.15) is 18.4 Å². The lowest BCUT2D eigenvalue weighted by Gasteiger charge is -2.16. The molecule has 0 saturated carbocycles. The summed E-state index contributed by atoms with van der Waals surface area (Å²) in [6.07, 6.45) is 1.78. The number of carbonyl (C=O) groups excluding carboxylic acids is 1. The number of amides is 2. The summed E-state index contributed by atoms with van der Waals surface area (Å²) in [5.41, 5.74) is 1.44. The largest absolute Gasteiger partial charge is 0.334 e. The molecule has 3 rings (SSSR count). The second-order valence-electron chi connectivity index (χ2n) is 5.93. The van der Waals surface area contributed by atoms with E-state index < -0.39 is 10.0 Å². The molecule has 1 fully saturated rings. The van der Waals surface area contributed by atoms with Crippen LogP contribution in [0.4, 0.5) is 10.5 Å². The summed E-state index contributed by atoms with van der Waals surface area (Å²) in [5.74, 6) is 0. The molecule has 7 heteroatoms. The van der Waals surface area contributed by atoms with Gasteiger partial charge in [0.1, 0.15) is 0 Å². The Labute approximate surface area is 147 Å². The van der Waals surface area contributed by atoms with Crippen molar-refractivity contribution in [3.05, 3.63) is 60.2 Å². The molecule has 0 spiro atoms. The molecule has 2 aromatic rings. The zero-order chi connectivity index (χ0) is 17.7. The van der Waals surface area contributed by atoms with Crippen LogP contribution >= 0.6 is 0 Å². The topological polar surface area (TPSA) is 78.5 Å². The Kier molecular flexibility index (Phi) is 5.35. The Bertz CT molecular complexity index is 832. The highest BCUT2D eigenvalue weighted by molar-refractivity contribution is 7.89. The van der Waals surface area contributed by atoms with E-state index in [1.807, 2.05) is 30.3 Å². The summed E-state index contributed by atoms with van der Waals surface area (Å²) in [5, 5.41) is 5.43. The minimum atomic E-state index is -3.49. The fraction of sp³-hybridized carbons (Fsp3) is 0.278. The number of rotatable bonds is 5. The second-order valence-corrected chi connectivity index (χ2v) is 7.87. The summed E-state index contributed by atoms with van der Waals surface area (Å²) in [6, 6.07) is 15.5. The molecule has 1 saturated heterocycles. The van der Waals surface area contributed by atoms with Crippen molar-refractivity contribution in [2.45, 2.75) is 24.3 Å². The van der Waals surface area contributed by atoms with Crippen LogP contribution in [0.25, 0.3) is 0 Å². The third kappa shape index (κ3) is 4.37. The van der Waals surface area contributed by atoms with Gasteiger partial charge in [0, 0.05) is 25.3 Å². The first-order valence-electron chi connectivity index (χ1n) is 8.25. The zero-order valence-electron chi connectivity index (χ0n) is 13.8. The number of hydrogen-bond donors (Lipinski definition) is 2. The van der Waals surface area contributed by atoms with Gasteiger partial charge in [-0.25, -0.2) is 13.2 Å². The van der Waals surface area contributed by atoms with E-state index in [0.29, 0.717) is 25.3 Å². The number of hydrogen-bond acceptors (Lipinski definition) is 3. The second kappa shape index (κ2) is 7.67. The first-order chi connectivity index (χ1) is 12.1. The quantitative estimate of drug-likeness (QED) is 0.862. The minimum Gasteiger partial charge on any atom is -0.334 e. The number of nitrogens with one attached hydrogen (secondary N) is 2. The Morgan fingerprint density at radius 2 is 1.72 bits per heavy atom. The normalized spacial score (nSPS) is 15.0. The molecule has 0 bridgehead atoms. The third-order valence-corrected chi connectivity index (χ3v) is 5.99. The fourth-order valence-corrected chi connectivity index (χ4v) is 4.33. The van der Waals surface area contributed by atoms with Crippen LogP contribution in [-0.2, 0) is 16.6 Å². The molecule has 2 aromatic carbocycles. The van der Waals surface area contributed by atoms with Crippen molar-refractivity contribution in [1.82, 2.24) is 9.62 Å². The lowest BCUT2D eigenvalue weighted by Crippen LogP contribution is -2.29. The first kappa shape index (κ1) is 17.4. The Balaban J connectivity index is 1.64. The van der Waals surface area contributed by atoms with Crippen LogP contribution in [0.3, 0.4) is 0 Å². The van der Waals surface area contributed by atoms with Gasteiger partial charge < -0.3 is 10.6 Å². The van der Waals surface area contributed by atoms with Crippen molar-refractivity contribution < 1.29 is 13.2 Å². The molecule has 2 N–H and O–H groups in total. The average molecular weight is 359 g/mol. The first-order valence-corrected chi connectivity index (χ1v) is 9.69. The van der Waals surface area contributed by atoms with Crippen LogP contribution in [0.5, 0.6) is 0 Å². The van der Waals surface area contributed by atoms with Crippen molar-refractivity contribution in [1.29, 1.82) is 0 Å².